The zero-order chi connectivity index (χ0) is 15.8. The van der Waals surface area contributed by atoms with E-state index in [0.717, 1.165) is 28.0 Å². The highest BCUT2D eigenvalue weighted by Gasteiger charge is 2.21. The molecule has 3 aromatic rings. The number of aryl methyl sites for hydroxylation is 2. The molecule has 0 saturated heterocycles. The Hall–Kier alpha value is -2.47. The average Bonchev–Trinajstić information content (AvgIpc) is 2.99. The monoisotopic (exact) mass is 321 g/mol. The van der Waals surface area contributed by atoms with Gasteiger partial charge in [0.1, 0.15) is 0 Å². The molecule has 4 rings (SSSR count). The van der Waals surface area contributed by atoms with Crippen molar-refractivity contribution in [2.75, 3.05) is 5.75 Å². The molecule has 0 bridgehead atoms. The summed E-state index contributed by atoms with van der Waals surface area (Å²) in [6.45, 7) is 4.23. The Kier molecular flexibility index (Phi) is 3.46. The van der Waals surface area contributed by atoms with Gasteiger partial charge in [0, 0.05) is 29.3 Å². The Morgan fingerprint density at radius 1 is 1.04 bits per heavy atom. The highest BCUT2D eigenvalue weighted by Crippen LogP contribution is 2.28. The van der Waals surface area contributed by atoms with Gasteiger partial charge in [-0.15, -0.1) is 10.2 Å². The molecule has 0 N–H and O–H groups in total. The van der Waals surface area contributed by atoms with E-state index in [4.69, 9.17) is 5.10 Å². The lowest BCUT2D eigenvalue weighted by atomic mass is 10.0. The predicted octanol–water partition coefficient (Wildman–Crippen LogP) is 3.32. The van der Waals surface area contributed by atoms with Gasteiger partial charge in [-0.1, -0.05) is 35.5 Å². The lowest BCUT2D eigenvalue weighted by Gasteiger charge is -2.15. The van der Waals surface area contributed by atoms with Gasteiger partial charge in [0.2, 0.25) is 5.16 Å². The maximum Gasteiger partial charge on any atom is 0.212 e. The minimum absolute atomic E-state index is 0.747. The van der Waals surface area contributed by atoms with E-state index in [0.29, 0.717) is 0 Å². The Bertz CT molecular complexity index is 899. The zero-order valence-corrected chi connectivity index (χ0v) is 13.7. The molecule has 0 amide bonds. The largest absolute Gasteiger partial charge is 0.265 e. The number of nitrogens with zero attached hydrogens (tertiary/aromatic N) is 5. The van der Waals surface area contributed by atoms with Crippen LogP contribution in [0.5, 0.6) is 0 Å². The second-order valence-electron chi connectivity index (χ2n) is 5.51. The fourth-order valence-corrected chi connectivity index (χ4v) is 3.51. The van der Waals surface area contributed by atoms with Crippen LogP contribution in [0.15, 0.2) is 53.0 Å². The fourth-order valence-electron chi connectivity index (χ4n) is 2.68. The molecule has 0 fully saturated rings. The van der Waals surface area contributed by atoms with Gasteiger partial charge in [-0.05, 0) is 31.5 Å². The Balaban J connectivity index is 1.82. The van der Waals surface area contributed by atoms with E-state index in [1.165, 1.54) is 16.7 Å². The summed E-state index contributed by atoms with van der Waals surface area (Å²) in [6, 6.07) is 10.3. The maximum absolute atomic E-state index is 4.81. The first kappa shape index (κ1) is 14.1. The first-order valence-corrected chi connectivity index (χ1v) is 8.35. The minimum Gasteiger partial charge on any atom is -0.265 e. The van der Waals surface area contributed by atoms with Crippen LogP contribution in [0.2, 0.25) is 0 Å². The van der Waals surface area contributed by atoms with E-state index in [-0.39, 0.29) is 0 Å². The van der Waals surface area contributed by atoms with E-state index < -0.39 is 0 Å². The van der Waals surface area contributed by atoms with Gasteiger partial charge >= 0.3 is 0 Å². The van der Waals surface area contributed by atoms with Crippen molar-refractivity contribution in [1.82, 2.24) is 19.9 Å². The molecule has 0 radical (unpaired) electrons. The summed E-state index contributed by atoms with van der Waals surface area (Å²) < 4.78 is 1.83. The van der Waals surface area contributed by atoms with Crippen LogP contribution in [-0.4, -0.2) is 31.3 Å². The van der Waals surface area contributed by atoms with Crippen molar-refractivity contribution in [1.29, 1.82) is 0 Å². The molecule has 5 nitrogen and oxygen atoms in total. The summed E-state index contributed by atoms with van der Waals surface area (Å²) >= 11 is 1.66. The lowest BCUT2D eigenvalue weighted by molar-refractivity contribution is 0.762. The molecule has 1 aliphatic heterocycles. The third kappa shape index (κ3) is 2.55. The van der Waals surface area contributed by atoms with E-state index in [9.17, 15) is 0 Å². The molecular formula is C17H15N5S. The summed E-state index contributed by atoms with van der Waals surface area (Å²) in [4.78, 5) is 4.05. The molecule has 0 spiro atoms. The molecule has 1 aliphatic rings. The Morgan fingerprint density at radius 2 is 1.87 bits per heavy atom. The van der Waals surface area contributed by atoms with Gasteiger partial charge in [0.05, 0.1) is 5.71 Å². The number of rotatable bonds is 2. The van der Waals surface area contributed by atoms with Gasteiger partial charge in [-0.2, -0.15) is 9.78 Å². The summed E-state index contributed by atoms with van der Waals surface area (Å²) in [7, 11) is 0. The van der Waals surface area contributed by atoms with Crippen molar-refractivity contribution in [2.24, 2.45) is 5.10 Å². The van der Waals surface area contributed by atoms with Crippen LogP contribution >= 0.6 is 11.8 Å². The highest BCUT2D eigenvalue weighted by molar-refractivity contribution is 7.99. The second-order valence-corrected chi connectivity index (χ2v) is 6.45. The SMILES string of the molecule is Cc1ccc(C2=Nn3c(nnc3-c3ccncc3)SC2)c(C)c1. The number of hydrogen-bond acceptors (Lipinski definition) is 5. The van der Waals surface area contributed by atoms with Crippen molar-refractivity contribution in [3.8, 4) is 11.4 Å². The maximum atomic E-state index is 4.81. The minimum atomic E-state index is 0.747. The lowest BCUT2D eigenvalue weighted by Crippen LogP contribution is -2.15. The molecule has 1 aromatic carbocycles. The first-order valence-electron chi connectivity index (χ1n) is 7.36. The van der Waals surface area contributed by atoms with Crippen molar-refractivity contribution in [2.45, 2.75) is 19.0 Å². The van der Waals surface area contributed by atoms with E-state index in [2.05, 4.69) is 47.2 Å². The van der Waals surface area contributed by atoms with E-state index >= 15 is 0 Å². The van der Waals surface area contributed by atoms with Crippen LogP contribution < -0.4 is 0 Å². The molecule has 3 heterocycles. The van der Waals surface area contributed by atoms with Gasteiger partial charge in [-0.25, -0.2) is 0 Å². The van der Waals surface area contributed by atoms with Gasteiger partial charge in [0.15, 0.2) is 5.82 Å². The molecular weight excluding hydrogens is 306 g/mol. The normalized spacial score (nSPS) is 13.6. The molecule has 0 atom stereocenters. The number of hydrogen-bond donors (Lipinski definition) is 0. The number of fused-ring (bicyclic) bond motifs is 1. The fraction of sp³-hybridized carbons (Fsp3) is 0.176. The van der Waals surface area contributed by atoms with Crippen LogP contribution in [0, 0.1) is 13.8 Å². The summed E-state index contributed by atoms with van der Waals surface area (Å²) in [5.74, 6) is 1.55. The Morgan fingerprint density at radius 3 is 2.65 bits per heavy atom. The summed E-state index contributed by atoms with van der Waals surface area (Å²) in [5, 5.41) is 14.2. The van der Waals surface area contributed by atoms with Gasteiger partial charge < -0.3 is 0 Å². The van der Waals surface area contributed by atoms with Crippen molar-refractivity contribution in [3.05, 3.63) is 59.4 Å². The number of benzene rings is 1. The number of aromatic nitrogens is 4. The number of pyridine rings is 1. The average molecular weight is 321 g/mol. The van der Waals surface area contributed by atoms with Crippen molar-refractivity contribution < 1.29 is 0 Å². The molecule has 114 valence electrons. The quantitative estimate of drug-likeness (QED) is 0.726. The van der Waals surface area contributed by atoms with Crippen molar-refractivity contribution >= 4 is 17.5 Å². The van der Waals surface area contributed by atoms with E-state index in [1.807, 2.05) is 16.8 Å². The Labute approximate surface area is 138 Å². The van der Waals surface area contributed by atoms with Crippen LogP contribution in [0.4, 0.5) is 0 Å². The molecule has 2 aromatic heterocycles. The first-order chi connectivity index (χ1) is 11.2. The van der Waals surface area contributed by atoms with Gasteiger partial charge in [0.25, 0.3) is 0 Å². The number of thioether (sulfide) groups is 1. The molecule has 23 heavy (non-hydrogen) atoms. The summed E-state index contributed by atoms with van der Waals surface area (Å²) in [5.41, 5.74) is 5.70. The van der Waals surface area contributed by atoms with Crippen LogP contribution in [0.3, 0.4) is 0 Å². The van der Waals surface area contributed by atoms with Crippen LogP contribution in [-0.2, 0) is 0 Å². The van der Waals surface area contributed by atoms with E-state index in [1.54, 1.807) is 24.2 Å². The summed E-state index contributed by atoms with van der Waals surface area (Å²) in [6.07, 6.45) is 3.50. The molecule has 0 aliphatic carbocycles. The standard InChI is InChI=1S/C17H15N5S/c1-11-3-4-14(12(2)9-11)15-10-23-17-20-19-16(22(17)21-15)13-5-7-18-8-6-13/h3-9H,10H2,1-2H3. The smallest absolute Gasteiger partial charge is 0.212 e. The second kappa shape index (κ2) is 5.62. The van der Waals surface area contributed by atoms with Crippen LogP contribution in [0.25, 0.3) is 11.4 Å². The van der Waals surface area contributed by atoms with Crippen molar-refractivity contribution in [3.63, 3.8) is 0 Å². The zero-order valence-electron chi connectivity index (χ0n) is 12.9. The van der Waals surface area contributed by atoms with Gasteiger partial charge in [-0.3, -0.25) is 4.98 Å². The molecule has 0 saturated carbocycles. The third-order valence-corrected chi connectivity index (χ3v) is 4.73. The molecule has 0 unspecified atom stereocenters. The van der Waals surface area contributed by atoms with Crippen LogP contribution in [0.1, 0.15) is 16.7 Å². The topological polar surface area (TPSA) is 56.0 Å². The highest BCUT2D eigenvalue weighted by atomic mass is 32.2. The third-order valence-electron chi connectivity index (χ3n) is 3.80. The predicted molar refractivity (Wildman–Crippen MR) is 91.8 cm³/mol. The molecule has 6 heteroatoms.